The van der Waals surface area contributed by atoms with Crippen LogP contribution in [0.15, 0.2) is 46.6 Å². The minimum atomic E-state index is -1.90. The van der Waals surface area contributed by atoms with E-state index in [1.54, 1.807) is 22.3 Å². The van der Waals surface area contributed by atoms with Crippen LogP contribution in [-0.2, 0) is 26.1 Å². The first-order chi connectivity index (χ1) is 12.3. The van der Waals surface area contributed by atoms with Gasteiger partial charge in [-0.3, -0.25) is 0 Å². The van der Waals surface area contributed by atoms with Crippen LogP contribution < -0.4 is 0 Å². The predicted octanol–water partition coefficient (Wildman–Crippen LogP) is 5.95. The van der Waals surface area contributed by atoms with Crippen LogP contribution in [0.1, 0.15) is 58.3 Å². The summed E-state index contributed by atoms with van der Waals surface area (Å²) < 4.78 is 4.09. The molecule has 2 atom stereocenters. The van der Waals surface area contributed by atoms with Crippen molar-refractivity contribution >= 4 is 10.00 Å². The van der Waals surface area contributed by atoms with Crippen LogP contribution in [0.2, 0.25) is 7.75 Å². The van der Waals surface area contributed by atoms with Crippen molar-refractivity contribution in [3.05, 3.63) is 46.6 Å². The Labute approximate surface area is 160 Å². The van der Waals surface area contributed by atoms with E-state index in [1.165, 1.54) is 57.7 Å². The molecule has 0 saturated heterocycles. The van der Waals surface area contributed by atoms with Crippen molar-refractivity contribution in [2.24, 2.45) is 11.8 Å². The van der Waals surface area contributed by atoms with E-state index in [1.807, 2.05) is 0 Å². The third kappa shape index (κ3) is 3.36. The van der Waals surface area contributed by atoms with Crippen molar-refractivity contribution in [1.82, 2.24) is 0 Å². The fraction of sp³-hybridized carbons (Fsp3) is 0.565. The van der Waals surface area contributed by atoms with E-state index in [0.29, 0.717) is 11.8 Å². The summed E-state index contributed by atoms with van der Waals surface area (Å²) >= 11 is -1.90. The number of carbonyl (C=O) groups excluding carboxylic acids is 1. The Balaban J connectivity index is 1.72. The molecule has 0 N–H and O–H groups in total. The van der Waals surface area contributed by atoms with Gasteiger partial charge in [0.1, 0.15) is 0 Å². The molecule has 132 valence electrons. The summed E-state index contributed by atoms with van der Waals surface area (Å²) in [5.74, 6) is 1.26. The summed E-state index contributed by atoms with van der Waals surface area (Å²) in [4.78, 5) is 11.4. The van der Waals surface area contributed by atoms with Crippen LogP contribution in [-0.4, -0.2) is 10.00 Å². The van der Waals surface area contributed by atoms with Gasteiger partial charge in [0.25, 0.3) is 0 Å². The van der Waals surface area contributed by atoms with Gasteiger partial charge in [-0.15, -0.1) is 0 Å². The maximum absolute atomic E-state index is 11.4. The predicted molar refractivity (Wildman–Crippen MR) is 103 cm³/mol. The van der Waals surface area contributed by atoms with Crippen LogP contribution in [0, 0.1) is 11.8 Å². The van der Waals surface area contributed by atoms with Gasteiger partial charge in [0, 0.05) is 0 Å². The van der Waals surface area contributed by atoms with Crippen molar-refractivity contribution in [3.8, 4) is 0 Å². The summed E-state index contributed by atoms with van der Waals surface area (Å²) in [6.07, 6.45) is 21.8. The van der Waals surface area contributed by atoms with Crippen LogP contribution >= 0.6 is 0 Å². The molecule has 0 heterocycles. The Bertz CT molecular complexity index is 656. The van der Waals surface area contributed by atoms with Gasteiger partial charge < -0.3 is 0 Å². The molecule has 0 aromatic rings. The number of aldehydes is 1. The topological polar surface area (TPSA) is 17.1 Å². The molecule has 0 amide bonds. The second-order valence-electron chi connectivity index (χ2n) is 8.05. The van der Waals surface area contributed by atoms with Crippen LogP contribution in [0.25, 0.3) is 0 Å². The molecule has 0 aliphatic heterocycles. The minimum absolute atomic E-state index is 0.629. The van der Waals surface area contributed by atoms with Gasteiger partial charge in [-0.25, -0.2) is 0 Å². The number of hydrogen-bond donors (Lipinski definition) is 0. The molecule has 0 radical (unpaired) electrons. The van der Waals surface area contributed by atoms with Gasteiger partial charge in [-0.05, 0) is 0 Å². The molecule has 1 nitrogen and oxygen atoms in total. The van der Waals surface area contributed by atoms with Crippen molar-refractivity contribution < 1.29 is 26.1 Å². The summed E-state index contributed by atoms with van der Waals surface area (Å²) in [6, 6.07) is 0. The average molecular weight is 414 g/mol. The summed E-state index contributed by atoms with van der Waals surface area (Å²) in [7, 11) is 0. The molecule has 0 saturated carbocycles. The Hall–Kier alpha value is -0.617. The molecular weight excluding hydrogens is 383 g/mol. The second-order valence-corrected chi connectivity index (χ2v) is 14.9. The normalized spacial score (nSPS) is 29.9. The maximum atomic E-state index is 11.4. The van der Waals surface area contributed by atoms with E-state index in [9.17, 15) is 4.79 Å². The Morgan fingerprint density at radius 3 is 1.96 bits per heavy atom. The summed E-state index contributed by atoms with van der Waals surface area (Å²) in [6.45, 7) is 2.24. The van der Waals surface area contributed by atoms with Crippen LogP contribution in [0.3, 0.4) is 0 Å². The van der Waals surface area contributed by atoms with Crippen LogP contribution in [0.5, 0.6) is 0 Å². The van der Waals surface area contributed by atoms with Gasteiger partial charge >= 0.3 is 161 Å². The van der Waals surface area contributed by atoms with E-state index in [0.717, 1.165) is 7.75 Å². The van der Waals surface area contributed by atoms with E-state index >= 15 is 0 Å². The zero-order chi connectivity index (χ0) is 17.2. The first kappa shape index (κ1) is 17.8. The molecule has 4 aliphatic carbocycles. The number of rotatable bonds is 5. The average Bonchev–Trinajstić information content (AvgIpc) is 3.27. The molecule has 2 unspecified atom stereocenters. The molecule has 2 heteroatoms. The molecule has 0 bridgehead atoms. The monoisotopic (exact) mass is 412 g/mol. The third-order valence-corrected chi connectivity index (χ3v) is 14.1. The van der Waals surface area contributed by atoms with Gasteiger partial charge in [-0.2, -0.15) is 0 Å². The molecule has 0 fully saturated rings. The first-order valence-corrected chi connectivity index (χ1v) is 14.8. The van der Waals surface area contributed by atoms with Crippen molar-refractivity contribution in [2.45, 2.75) is 66.0 Å². The van der Waals surface area contributed by atoms with E-state index in [-0.39, 0.29) is 0 Å². The summed E-state index contributed by atoms with van der Waals surface area (Å²) in [5.41, 5.74) is 6.79. The van der Waals surface area contributed by atoms with Gasteiger partial charge in [0.05, 0.1) is 0 Å². The van der Waals surface area contributed by atoms with Crippen molar-refractivity contribution in [3.63, 3.8) is 0 Å². The number of allylic oxidation sites excluding steroid dienone is 8. The zero-order valence-electron chi connectivity index (χ0n) is 15.5. The molecule has 25 heavy (non-hydrogen) atoms. The fourth-order valence-electron chi connectivity index (χ4n) is 5.62. The van der Waals surface area contributed by atoms with Crippen molar-refractivity contribution in [1.29, 1.82) is 0 Å². The van der Waals surface area contributed by atoms with E-state index in [4.69, 9.17) is 0 Å². The van der Waals surface area contributed by atoms with Crippen molar-refractivity contribution in [2.75, 3.05) is 0 Å². The molecule has 4 aliphatic rings. The zero-order valence-corrected chi connectivity index (χ0v) is 17.9. The van der Waals surface area contributed by atoms with Gasteiger partial charge in [0.15, 0.2) is 0 Å². The van der Waals surface area contributed by atoms with Gasteiger partial charge in [-0.1, -0.05) is 0 Å². The Morgan fingerprint density at radius 2 is 1.48 bits per heavy atom. The van der Waals surface area contributed by atoms with Crippen LogP contribution in [0.4, 0.5) is 0 Å². The Kier molecular flexibility index (Phi) is 5.66. The fourth-order valence-corrected chi connectivity index (χ4v) is 12.1. The molecule has 0 aromatic carbocycles. The van der Waals surface area contributed by atoms with E-state index < -0.39 is 21.3 Å². The number of hydrogen-bond acceptors (Lipinski definition) is 1. The SMILES string of the molecule is C[CH]=[Zr]([CH2]C=O)[CH](C1C=CC2=C1CCCC2)C1C=CC2=C1CCCC2. The molecular formula is C23H30OZr. The molecule has 0 spiro atoms. The Morgan fingerprint density at radius 1 is 0.960 bits per heavy atom. The third-order valence-electron chi connectivity index (χ3n) is 6.82. The first-order valence-electron chi connectivity index (χ1n) is 10.2. The standard InChI is InChI=1S/C19H23.C2H3O.C2H4.Zr/c1-3-7-18-14(5-1)9-11-16(18)13-17-12-10-15-6-2-4-8-19(15)17;1-2-3;1-2;/h9-13,16-17H,1-8H2;2H,1H2;1H,2H3;. The molecule has 0 aromatic heterocycles. The number of carbonyl (C=O) groups is 1. The van der Waals surface area contributed by atoms with Gasteiger partial charge in [0.2, 0.25) is 0 Å². The van der Waals surface area contributed by atoms with E-state index in [2.05, 4.69) is 34.9 Å². The quantitative estimate of drug-likeness (QED) is 0.509. The summed E-state index contributed by atoms with van der Waals surface area (Å²) in [5, 5.41) is 0. The molecule has 4 rings (SSSR count). The second kappa shape index (κ2) is 7.95.